The Morgan fingerprint density at radius 3 is 2.60 bits per heavy atom. The Bertz CT molecular complexity index is 569. The van der Waals surface area contributed by atoms with Gasteiger partial charge in [-0.05, 0) is 38.0 Å². The van der Waals surface area contributed by atoms with Gasteiger partial charge in [0.1, 0.15) is 5.75 Å². The fourth-order valence-electron chi connectivity index (χ4n) is 2.16. The van der Waals surface area contributed by atoms with Crippen LogP contribution in [0, 0.1) is 6.92 Å². The minimum absolute atomic E-state index is 0.0990. The largest absolute Gasteiger partial charge is 0.489 e. The topological polar surface area (TPSA) is 60.2 Å². The fourth-order valence-corrected chi connectivity index (χ4v) is 2.16. The Morgan fingerprint density at radius 1 is 1.15 bits per heavy atom. The first-order valence-corrected chi connectivity index (χ1v) is 6.74. The molecule has 4 nitrogen and oxygen atoms in total. The average Bonchev–Trinajstić information content (AvgIpc) is 2.39. The molecule has 20 heavy (non-hydrogen) atoms. The minimum atomic E-state index is -0.0990. The van der Waals surface area contributed by atoms with Crippen LogP contribution in [0.2, 0.25) is 0 Å². The monoisotopic (exact) mass is 271 g/mol. The molecule has 1 heterocycles. The highest BCUT2D eigenvalue weighted by molar-refractivity contribution is 5.35. The van der Waals surface area contributed by atoms with E-state index >= 15 is 0 Å². The van der Waals surface area contributed by atoms with E-state index in [1.165, 1.54) is 5.56 Å². The standard InChI is InChI=1S/C16H21N3O/c1-11(2)20-15-8-14(9-18-10-15)16(19-17)13-6-4-5-12(3)7-13/h4-11,16,19H,17H2,1-3H3. The molecule has 2 aromatic rings. The number of ether oxygens (including phenoxy) is 1. The maximum absolute atomic E-state index is 5.72. The molecule has 0 aliphatic carbocycles. The van der Waals surface area contributed by atoms with Gasteiger partial charge in [-0.2, -0.15) is 0 Å². The maximum atomic E-state index is 5.72. The predicted molar refractivity (Wildman–Crippen MR) is 80.3 cm³/mol. The summed E-state index contributed by atoms with van der Waals surface area (Å²) in [6.07, 6.45) is 3.64. The first-order chi connectivity index (χ1) is 9.60. The van der Waals surface area contributed by atoms with E-state index in [4.69, 9.17) is 10.6 Å². The van der Waals surface area contributed by atoms with Crippen molar-refractivity contribution in [2.45, 2.75) is 32.9 Å². The van der Waals surface area contributed by atoms with E-state index in [0.717, 1.165) is 16.9 Å². The van der Waals surface area contributed by atoms with Gasteiger partial charge in [-0.1, -0.05) is 29.8 Å². The molecule has 2 rings (SSSR count). The zero-order chi connectivity index (χ0) is 14.5. The number of rotatable bonds is 5. The molecule has 0 aliphatic heterocycles. The average molecular weight is 271 g/mol. The van der Waals surface area contributed by atoms with Crippen LogP contribution in [0.5, 0.6) is 5.75 Å². The van der Waals surface area contributed by atoms with E-state index in [1.54, 1.807) is 12.4 Å². The lowest BCUT2D eigenvalue weighted by Crippen LogP contribution is -2.29. The normalized spacial score (nSPS) is 12.4. The number of hydrogen-bond donors (Lipinski definition) is 2. The van der Waals surface area contributed by atoms with Crippen molar-refractivity contribution < 1.29 is 4.74 Å². The van der Waals surface area contributed by atoms with Crippen LogP contribution in [-0.2, 0) is 0 Å². The van der Waals surface area contributed by atoms with Crippen molar-refractivity contribution in [1.29, 1.82) is 0 Å². The molecule has 1 unspecified atom stereocenters. The van der Waals surface area contributed by atoms with Gasteiger partial charge in [0.25, 0.3) is 0 Å². The number of nitrogens with one attached hydrogen (secondary N) is 1. The Labute approximate surface area is 120 Å². The third-order valence-corrected chi connectivity index (χ3v) is 2.98. The highest BCUT2D eigenvalue weighted by Gasteiger charge is 2.14. The molecule has 4 heteroatoms. The summed E-state index contributed by atoms with van der Waals surface area (Å²) in [5.41, 5.74) is 6.14. The predicted octanol–water partition coefficient (Wildman–Crippen LogP) is 2.73. The van der Waals surface area contributed by atoms with Crippen molar-refractivity contribution >= 4 is 0 Å². The Balaban J connectivity index is 2.32. The first-order valence-electron chi connectivity index (χ1n) is 6.74. The van der Waals surface area contributed by atoms with Crippen LogP contribution in [0.15, 0.2) is 42.7 Å². The van der Waals surface area contributed by atoms with Crippen molar-refractivity contribution in [2.24, 2.45) is 5.84 Å². The fraction of sp³-hybridized carbons (Fsp3) is 0.312. The van der Waals surface area contributed by atoms with E-state index in [0.29, 0.717) is 0 Å². The number of nitrogens with two attached hydrogens (primary N) is 1. The molecule has 106 valence electrons. The molecule has 3 N–H and O–H groups in total. The second-order valence-electron chi connectivity index (χ2n) is 5.13. The molecule has 0 fully saturated rings. The number of hydrazine groups is 1. The Morgan fingerprint density at radius 2 is 1.95 bits per heavy atom. The van der Waals surface area contributed by atoms with Gasteiger partial charge in [0, 0.05) is 6.20 Å². The van der Waals surface area contributed by atoms with E-state index in [2.05, 4.69) is 29.5 Å². The summed E-state index contributed by atoms with van der Waals surface area (Å²) in [7, 11) is 0. The van der Waals surface area contributed by atoms with Gasteiger partial charge < -0.3 is 4.74 Å². The number of hydrogen-bond acceptors (Lipinski definition) is 4. The van der Waals surface area contributed by atoms with Crippen molar-refractivity contribution in [3.8, 4) is 5.75 Å². The minimum Gasteiger partial charge on any atom is -0.489 e. The van der Waals surface area contributed by atoms with Crippen LogP contribution >= 0.6 is 0 Å². The van der Waals surface area contributed by atoms with Gasteiger partial charge in [-0.3, -0.25) is 10.8 Å². The summed E-state index contributed by atoms with van der Waals surface area (Å²) < 4.78 is 5.68. The lowest BCUT2D eigenvalue weighted by Gasteiger charge is -2.18. The van der Waals surface area contributed by atoms with E-state index in [9.17, 15) is 0 Å². The van der Waals surface area contributed by atoms with Gasteiger partial charge in [0.15, 0.2) is 0 Å². The van der Waals surface area contributed by atoms with E-state index in [1.807, 2.05) is 32.0 Å². The maximum Gasteiger partial charge on any atom is 0.138 e. The summed E-state index contributed by atoms with van der Waals surface area (Å²) in [6, 6.07) is 10.1. The molecule has 1 atom stereocenters. The number of benzene rings is 1. The molecule has 0 radical (unpaired) electrons. The van der Waals surface area contributed by atoms with Crippen LogP contribution in [-0.4, -0.2) is 11.1 Å². The molecule has 0 saturated carbocycles. The summed E-state index contributed by atoms with van der Waals surface area (Å²) in [6.45, 7) is 6.05. The van der Waals surface area contributed by atoms with Crippen molar-refractivity contribution in [1.82, 2.24) is 10.4 Å². The zero-order valence-corrected chi connectivity index (χ0v) is 12.1. The van der Waals surface area contributed by atoms with E-state index in [-0.39, 0.29) is 12.1 Å². The van der Waals surface area contributed by atoms with Crippen LogP contribution in [0.3, 0.4) is 0 Å². The first kappa shape index (κ1) is 14.5. The Hall–Kier alpha value is -1.91. The van der Waals surface area contributed by atoms with Gasteiger partial charge >= 0.3 is 0 Å². The zero-order valence-electron chi connectivity index (χ0n) is 12.1. The molecular weight excluding hydrogens is 250 g/mol. The summed E-state index contributed by atoms with van der Waals surface area (Å²) in [4.78, 5) is 4.23. The second kappa shape index (κ2) is 6.50. The number of aryl methyl sites for hydroxylation is 1. The van der Waals surface area contributed by atoms with Crippen LogP contribution in [0.25, 0.3) is 0 Å². The van der Waals surface area contributed by atoms with Gasteiger partial charge in [0.05, 0.1) is 18.3 Å². The molecule has 0 saturated heterocycles. The third kappa shape index (κ3) is 3.56. The summed E-state index contributed by atoms with van der Waals surface area (Å²) >= 11 is 0. The van der Waals surface area contributed by atoms with Crippen LogP contribution < -0.4 is 16.0 Å². The molecule has 0 bridgehead atoms. The quantitative estimate of drug-likeness (QED) is 0.648. The second-order valence-corrected chi connectivity index (χ2v) is 5.13. The van der Waals surface area contributed by atoms with E-state index < -0.39 is 0 Å². The molecule has 0 spiro atoms. The SMILES string of the molecule is Cc1cccc(C(NN)c2cncc(OC(C)C)c2)c1. The van der Waals surface area contributed by atoms with Gasteiger partial charge in [-0.25, -0.2) is 5.43 Å². The lowest BCUT2D eigenvalue weighted by molar-refractivity contribution is 0.241. The molecule has 1 aromatic heterocycles. The number of aromatic nitrogens is 1. The third-order valence-electron chi connectivity index (χ3n) is 2.98. The van der Waals surface area contributed by atoms with Crippen molar-refractivity contribution in [2.75, 3.05) is 0 Å². The summed E-state index contributed by atoms with van der Waals surface area (Å²) in [5, 5.41) is 0. The lowest BCUT2D eigenvalue weighted by atomic mass is 9.99. The highest BCUT2D eigenvalue weighted by atomic mass is 16.5. The Kier molecular flexibility index (Phi) is 4.71. The summed E-state index contributed by atoms with van der Waals surface area (Å²) in [5.74, 6) is 6.47. The molecule has 0 aliphatic rings. The number of nitrogens with zero attached hydrogens (tertiary/aromatic N) is 1. The van der Waals surface area contributed by atoms with Gasteiger partial charge in [-0.15, -0.1) is 0 Å². The molecule has 0 amide bonds. The molecular formula is C16H21N3O. The highest BCUT2D eigenvalue weighted by Crippen LogP contribution is 2.24. The smallest absolute Gasteiger partial charge is 0.138 e. The van der Waals surface area contributed by atoms with Crippen molar-refractivity contribution in [3.63, 3.8) is 0 Å². The van der Waals surface area contributed by atoms with Crippen LogP contribution in [0.4, 0.5) is 0 Å². The van der Waals surface area contributed by atoms with Gasteiger partial charge in [0.2, 0.25) is 0 Å². The molecule has 1 aromatic carbocycles. The van der Waals surface area contributed by atoms with Crippen molar-refractivity contribution in [3.05, 3.63) is 59.4 Å². The number of pyridine rings is 1. The van der Waals surface area contributed by atoms with Crippen LogP contribution in [0.1, 0.15) is 36.6 Å².